The maximum Gasteiger partial charge on any atom is 0.271 e. The van der Waals surface area contributed by atoms with Gasteiger partial charge in [0.1, 0.15) is 0 Å². The summed E-state index contributed by atoms with van der Waals surface area (Å²) in [7, 11) is 0. The summed E-state index contributed by atoms with van der Waals surface area (Å²) in [5.41, 5.74) is 2.20. The second-order valence-electron chi connectivity index (χ2n) is 5.60. The number of nitrogens with zero attached hydrogens (tertiary/aromatic N) is 1. The highest BCUT2D eigenvalue weighted by molar-refractivity contribution is 5.57. The molecule has 0 bridgehead atoms. The van der Waals surface area contributed by atoms with E-state index >= 15 is 0 Å². The predicted molar refractivity (Wildman–Crippen MR) is 70.7 cm³/mol. The topological polar surface area (TPSA) is 55.2 Å². The van der Waals surface area contributed by atoms with Crippen molar-refractivity contribution in [3.05, 3.63) is 33.9 Å². The summed E-state index contributed by atoms with van der Waals surface area (Å²) in [6.45, 7) is 2.00. The third-order valence-corrected chi connectivity index (χ3v) is 4.01. The maximum atomic E-state index is 10.8. The van der Waals surface area contributed by atoms with Gasteiger partial charge in [0.2, 0.25) is 0 Å². The molecule has 0 radical (unpaired) electrons. The molecule has 1 N–H and O–H groups in total. The highest BCUT2D eigenvalue weighted by atomic mass is 16.6. The molecule has 0 atom stereocenters. The van der Waals surface area contributed by atoms with Crippen LogP contribution in [0.5, 0.6) is 0 Å². The highest BCUT2D eigenvalue weighted by Crippen LogP contribution is 2.46. The van der Waals surface area contributed by atoms with Gasteiger partial charge in [0.25, 0.3) is 5.69 Å². The normalized spacial score (nSPS) is 19.0. The Hall–Kier alpha value is -1.58. The molecule has 18 heavy (non-hydrogen) atoms. The van der Waals surface area contributed by atoms with Crippen LogP contribution in [0.1, 0.15) is 31.2 Å². The fourth-order valence-electron chi connectivity index (χ4n) is 2.59. The highest BCUT2D eigenvalue weighted by Gasteiger charge is 2.41. The van der Waals surface area contributed by atoms with Gasteiger partial charge in [-0.05, 0) is 50.0 Å². The summed E-state index contributed by atoms with van der Waals surface area (Å²) in [6, 6.07) is 5.61. The maximum absolute atomic E-state index is 10.8. The number of nitro groups is 1. The molecule has 0 unspecified atom stereocenters. The minimum atomic E-state index is -0.326. The van der Waals surface area contributed by atoms with E-state index in [2.05, 4.69) is 5.32 Å². The first-order chi connectivity index (χ1) is 8.65. The number of anilines is 1. The molecular weight excluding hydrogens is 228 g/mol. The van der Waals surface area contributed by atoms with Crippen LogP contribution in [-0.2, 0) is 0 Å². The summed E-state index contributed by atoms with van der Waals surface area (Å²) in [6.07, 6.45) is 5.23. The van der Waals surface area contributed by atoms with Crippen molar-refractivity contribution in [1.82, 2.24) is 0 Å². The molecule has 0 aliphatic heterocycles. The van der Waals surface area contributed by atoms with Crippen LogP contribution in [0.15, 0.2) is 18.2 Å². The average molecular weight is 246 g/mol. The summed E-state index contributed by atoms with van der Waals surface area (Å²) < 4.78 is 0. The summed E-state index contributed by atoms with van der Waals surface area (Å²) in [5.74, 6) is 1.58. The number of hydrogen-bond acceptors (Lipinski definition) is 3. The molecular formula is C14H18N2O2. The largest absolute Gasteiger partial charge is 0.381 e. The Labute approximate surface area is 107 Å². The second-order valence-corrected chi connectivity index (χ2v) is 5.60. The Morgan fingerprint density at radius 1 is 1.28 bits per heavy atom. The van der Waals surface area contributed by atoms with Crippen molar-refractivity contribution in [2.24, 2.45) is 11.8 Å². The lowest BCUT2D eigenvalue weighted by Crippen LogP contribution is -2.24. The minimum Gasteiger partial charge on any atom is -0.381 e. The van der Waals surface area contributed by atoms with Crippen LogP contribution < -0.4 is 5.32 Å². The van der Waals surface area contributed by atoms with Crippen molar-refractivity contribution >= 4 is 11.4 Å². The number of benzene rings is 1. The molecule has 1 aromatic rings. The van der Waals surface area contributed by atoms with Gasteiger partial charge < -0.3 is 5.32 Å². The van der Waals surface area contributed by atoms with Crippen LogP contribution in [0, 0.1) is 28.9 Å². The molecule has 0 heterocycles. The first-order valence-corrected chi connectivity index (χ1v) is 6.67. The molecule has 0 aromatic heterocycles. The zero-order valence-electron chi connectivity index (χ0n) is 10.6. The van der Waals surface area contributed by atoms with Crippen LogP contribution in [0.3, 0.4) is 0 Å². The monoisotopic (exact) mass is 246 g/mol. The number of rotatable bonds is 5. The van der Waals surface area contributed by atoms with Gasteiger partial charge in [-0.15, -0.1) is 0 Å². The molecule has 0 spiro atoms. The number of nitrogens with one attached hydrogen (secondary N) is 1. The van der Waals surface area contributed by atoms with E-state index in [0.717, 1.165) is 23.1 Å². The van der Waals surface area contributed by atoms with Crippen molar-refractivity contribution in [3.63, 3.8) is 0 Å². The van der Waals surface area contributed by atoms with Crippen molar-refractivity contribution in [3.8, 4) is 0 Å². The van der Waals surface area contributed by atoms with Gasteiger partial charge in [0.15, 0.2) is 0 Å². The molecule has 1 aromatic carbocycles. The molecule has 4 heteroatoms. The lowest BCUT2D eigenvalue weighted by molar-refractivity contribution is -0.384. The third-order valence-electron chi connectivity index (χ3n) is 4.01. The average Bonchev–Trinajstić information content (AvgIpc) is 3.20. The summed E-state index contributed by atoms with van der Waals surface area (Å²) in [5, 5.41) is 14.4. The van der Waals surface area contributed by atoms with E-state index in [-0.39, 0.29) is 10.6 Å². The van der Waals surface area contributed by atoms with E-state index in [0.29, 0.717) is 6.04 Å². The molecule has 2 saturated carbocycles. The summed E-state index contributed by atoms with van der Waals surface area (Å²) >= 11 is 0. The van der Waals surface area contributed by atoms with Gasteiger partial charge in [0.05, 0.1) is 4.92 Å². The van der Waals surface area contributed by atoms with Crippen LogP contribution >= 0.6 is 0 Å². The Morgan fingerprint density at radius 3 is 2.39 bits per heavy atom. The Morgan fingerprint density at radius 2 is 1.89 bits per heavy atom. The molecule has 4 nitrogen and oxygen atoms in total. The fourth-order valence-corrected chi connectivity index (χ4v) is 2.59. The molecule has 96 valence electrons. The quantitative estimate of drug-likeness (QED) is 0.639. The molecule has 0 saturated heterocycles. The van der Waals surface area contributed by atoms with Crippen molar-refractivity contribution in [2.75, 3.05) is 5.32 Å². The SMILES string of the molecule is Cc1ccc([N+](=O)[O-])cc1NC(C1CC1)C1CC1. The number of nitro benzene ring substituents is 1. The lowest BCUT2D eigenvalue weighted by atomic mass is 10.1. The smallest absolute Gasteiger partial charge is 0.271 e. The van der Waals surface area contributed by atoms with E-state index in [1.807, 2.05) is 13.0 Å². The van der Waals surface area contributed by atoms with Gasteiger partial charge in [-0.2, -0.15) is 0 Å². The van der Waals surface area contributed by atoms with E-state index in [1.54, 1.807) is 12.1 Å². The van der Waals surface area contributed by atoms with Gasteiger partial charge in [-0.3, -0.25) is 10.1 Å². The van der Waals surface area contributed by atoms with Gasteiger partial charge in [0, 0.05) is 23.9 Å². The molecule has 2 fully saturated rings. The number of non-ortho nitro benzene ring substituents is 1. The van der Waals surface area contributed by atoms with Crippen molar-refractivity contribution in [1.29, 1.82) is 0 Å². The van der Waals surface area contributed by atoms with E-state index in [1.165, 1.54) is 25.7 Å². The Bertz CT molecular complexity index is 467. The van der Waals surface area contributed by atoms with E-state index < -0.39 is 0 Å². The zero-order chi connectivity index (χ0) is 12.7. The predicted octanol–water partition coefficient (Wildman–Crippen LogP) is 3.50. The van der Waals surface area contributed by atoms with Gasteiger partial charge in [-0.1, -0.05) is 6.07 Å². The van der Waals surface area contributed by atoms with Crippen molar-refractivity contribution in [2.45, 2.75) is 38.6 Å². The van der Waals surface area contributed by atoms with Crippen LogP contribution in [0.4, 0.5) is 11.4 Å². The van der Waals surface area contributed by atoms with Gasteiger partial charge >= 0.3 is 0 Å². The standard InChI is InChI=1S/C14H18N2O2/c1-9-2-7-12(16(17)18)8-13(9)15-14(10-3-4-10)11-5-6-11/h2,7-8,10-11,14-15H,3-6H2,1H3. The second kappa shape index (κ2) is 4.26. The van der Waals surface area contributed by atoms with Crippen molar-refractivity contribution < 1.29 is 4.92 Å². The van der Waals surface area contributed by atoms with Crippen LogP contribution in [0.2, 0.25) is 0 Å². The summed E-state index contributed by atoms with van der Waals surface area (Å²) in [4.78, 5) is 10.5. The van der Waals surface area contributed by atoms with Crippen LogP contribution in [-0.4, -0.2) is 11.0 Å². The first kappa shape index (κ1) is 11.5. The van der Waals surface area contributed by atoms with Crippen LogP contribution in [0.25, 0.3) is 0 Å². The third kappa shape index (κ3) is 2.33. The molecule has 2 aliphatic carbocycles. The fraction of sp³-hybridized carbons (Fsp3) is 0.571. The number of aryl methyl sites for hydroxylation is 1. The Kier molecular flexibility index (Phi) is 2.73. The molecule has 0 amide bonds. The van der Waals surface area contributed by atoms with E-state index in [9.17, 15) is 10.1 Å². The minimum absolute atomic E-state index is 0.174. The molecule has 3 rings (SSSR count). The van der Waals surface area contributed by atoms with Gasteiger partial charge in [-0.25, -0.2) is 0 Å². The number of hydrogen-bond donors (Lipinski definition) is 1. The molecule has 2 aliphatic rings. The lowest BCUT2D eigenvalue weighted by Gasteiger charge is -2.20. The van der Waals surface area contributed by atoms with E-state index in [4.69, 9.17) is 0 Å². The zero-order valence-corrected chi connectivity index (χ0v) is 10.6. The first-order valence-electron chi connectivity index (χ1n) is 6.67. The Balaban J connectivity index is 1.81.